The summed E-state index contributed by atoms with van der Waals surface area (Å²) in [4.78, 5) is 12.2. The van der Waals surface area contributed by atoms with E-state index in [0.717, 1.165) is 13.1 Å². The zero-order valence-electron chi connectivity index (χ0n) is 5.78. The largest absolute Gasteiger partial charge is 0.811 e. The maximum atomic E-state index is 10.6. The number of nitrogens with zero attached hydrogens (tertiary/aromatic N) is 2. The van der Waals surface area contributed by atoms with E-state index in [-0.39, 0.29) is 59.7 Å². The number of carbonyl (C=O) groups excluding carboxylic acids is 1. The van der Waals surface area contributed by atoms with Crippen LogP contribution in [0.5, 0.6) is 0 Å². The number of rotatable bonds is 0. The third-order valence-corrected chi connectivity index (χ3v) is 1.14. The first-order chi connectivity index (χ1) is 3.80. The van der Waals surface area contributed by atoms with E-state index in [2.05, 4.69) is 5.32 Å². The predicted octanol–water partition coefficient (Wildman–Crippen LogP) is -0.0111. The summed E-state index contributed by atoms with van der Waals surface area (Å²) >= 11 is 0. The van der Waals surface area contributed by atoms with Crippen LogP contribution in [0, 0.1) is 6.54 Å². The molecule has 0 aromatic carbocycles. The number of amides is 1. The molecule has 5 heteroatoms. The standard InChI is InChI=1S/C5H8N2O.W.Y/c1-7-3-2-6-4-5(7)8;;/h4H,2-3H2,1H3;;/q-2;;. The van der Waals surface area contributed by atoms with Crippen molar-refractivity contribution >= 4 is 5.91 Å². The molecule has 0 spiro atoms. The summed E-state index contributed by atoms with van der Waals surface area (Å²) in [7, 11) is 1.77. The smallest absolute Gasteiger partial charge is 0.0611 e. The Morgan fingerprint density at radius 2 is 2.30 bits per heavy atom. The number of likely N-dealkylation sites (N-methyl/N-ethyl adjacent to an activating group) is 1. The summed E-state index contributed by atoms with van der Waals surface area (Å²) in [6, 6.07) is 0. The van der Waals surface area contributed by atoms with Gasteiger partial charge in [-0.1, -0.05) is 0 Å². The van der Waals surface area contributed by atoms with Gasteiger partial charge in [-0.3, -0.25) is 0 Å². The van der Waals surface area contributed by atoms with E-state index in [1.54, 1.807) is 11.9 Å². The Morgan fingerprint density at radius 3 is 2.60 bits per heavy atom. The van der Waals surface area contributed by atoms with Gasteiger partial charge in [0.1, 0.15) is 0 Å². The summed E-state index contributed by atoms with van der Waals surface area (Å²) in [6.07, 6.45) is 0. The van der Waals surface area contributed by atoms with E-state index >= 15 is 0 Å². The second kappa shape index (κ2) is 6.78. The first-order valence-electron chi connectivity index (χ1n) is 2.55. The van der Waals surface area contributed by atoms with Crippen LogP contribution in [0.1, 0.15) is 0 Å². The molecule has 1 aliphatic heterocycles. The SMILES string of the molecule is CN1CC[N-][CH-]C1=O.[W].[Y]. The minimum Gasteiger partial charge on any atom is -0.811 e. The van der Waals surface area contributed by atoms with Crippen molar-refractivity contribution in [2.45, 2.75) is 0 Å². The second-order valence-electron chi connectivity index (χ2n) is 1.80. The van der Waals surface area contributed by atoms with Gasteiger partial charge in [0.05, 0.1) is 5.91 Å². The summed E-state index contributed by atoms with van der Waals surface area (Å²) in [5.41, 5.74) is 0. The second-order valence-corrected chi connectivity index (χ2v) is 1.80. The Hall–Kier alpha value is 1.09. The molecule has 1 heterocycles. The zero-order valence-corrected chi connectivity index (χ0v) is 11.6. The Kier molecular flexibility index (Phi) is 9.27. The molecule has 1 aliphatic rings. The van der Waals surface area contributed by atoms with Gasteiger partial charge in [0.25, 0.3) is 0 Å². The summed E-state index contributed by atoms with van der Waals surface area (Å²) in [5, 5.41) is 3.79. The van der Waals surface area contributed by atoms with Gasteiger partial charge in [0.2, 0.25) is 0 Å². The normalized spacial score (nSPS) is 16.5. The van der Waals surface area contributed by atoms with Gasteiger partial charge >= 0.3 is 0 Å². The third kappa shape index (κ3) is 4.07. The number of hydrogen-bond acceptors (Lipinski definition) is 1. The van der Waals surface area contributed by atoms with Crippen molar-refractivity contribution in [3.63, 3.8) is 0 Å². The van der Waals surface area contributed by atoms with Gasteiger partial charge in [-0.25, -0.2) is 0 Å². The minimum atomic E-state index is 0. The first-order valence-corrected chi connectivity index (χ1v) is 2.55. The van der Waals surface area contributed by atoms with Crippen LogP contribution in [0.2, 0.25) is 0 Å². The number of hydrogen-bond donors (Lipinski definition) is 0. The fourth-order valence-corrected chi connectivity index (χ4v) is 0.559. The van der Waals surface area contributed by atoms with E-state index < -0.39 is 0 Å². The van der Waals surface area contributed by atoms with Crippen LogP contribution in [0.15, 0.2) is 0 Å². The molecule has 0 aromatic heterocycles. The Morgan fingerprint density at radius 1 is 1.70 bits per heavy atom. The molecule has 0 atom stereocenters. The van der Waals surface area contributed by atoms with Crippen LogP contribution in [0.25, 0.3) is 5.32 Å². The van der Waals surface area contributed by atoms with E-state index in [1.807, 2.05) is 0 Å². The predicted molar refractivity (Wildman–Crippen MR) is 30.2 cm³/mol. The molecule has 0 saturated carbocycles. The maximum absolute atomic E-state index is 10.6. The topological polar surface area (TPSA) is 34.4 Å². The first kappa shape index (κ1) is 13.7. The van der Waals surface area contributed by atoms with E-state index in [0.29, 0.717) is 0 Å². The molecule has 3 nitrogen and oxygen atoms in total. The van der Waals surface area contributed by atoms with Crippen LogP contribution >= 0.6 is 0 Å². The third-order valence-electron chi connectivity index (χ3n) is 1.14. The van der Waals surface area contributed by atoms with Crippen molar-refractivity contribution in [3.05, 3.63) is 11.9 Å². The summed E-state index contributed by atoms with van der Waals surface area (Å²) in [6.45, 7) is 2.88. The molecule has 1 fully saturated rings. The molecule has 1 saturated heterocycles. The molecule has 0 unspecified atom stereocenters. The fourth-order valence-electron chi connectivity index (χ4n) is 0.559. The minimum absolute atomic E-state index is 0. The van der Waals surface area contributed by atoms with Crippen molar-refractivity contribution in [2.24, 2.45) is 0 Å². The van der Waals surface area contributed by atoms with Crippen LogP contribution < -0.4 is 0 Å². The average Bonchev–Trinajstić information content (AvgIpc) is 1.77. The molecule has 1 rings (SSSR count). The van der Waals surface area contributed by atoms with Gasteiger partial charge in [0.15, 0.2) is 0 Å². The molecule has 0 aliphatic carbocycles. The van der Waals surface area contributed by atoms with Gasteiger partial charge in [-0.15, -0.1) is 0 Å². The summed E-state index contributed by atoms with van der Waals surface area (Å²) < 4.78 is 0. The van der Waals surface area contributed by atoms with Crippen LogP contribution in [-0.4, -0.2) is 30.9 Å². The molecule has 0 aromatic rings. The van der Waals surface area contributed by atoms with Crippen molar-refractivity contribution in [1.29, 1.82) is 0 Å². The number of carbonyl (C=O) groups is 1. The van der Waals surface area contributed by atoms with Gasteiger partial charge in [-0.05, 0) is 6.54 Å². The Bertz CT molecular complexity index is 112. The molecule has 1 radical (unpaired) electrons. The van der Waals surface area contributed by atoms with Gasteiger partial charge in [-0.2, -0.15) is 6.54 Å². The van der Waals surface area contributed by atoms with Crippen molar-refractivity contribution in [3.8, 4) is 0 Å². The van der Waals surface area contributed by atoms with Gasteiger partial charge in [0, 0.05) is 60.8 Å². The quantitative estimate of drug-likeness (QED) is 0.541. The molecule has 55 valence electrons. The molecule has 10 heavy (non-hydrogen) atoms. The van der Waals surface area contributed by atoms with Gasteiger partial charge < -0.3 is 21.6 Å². The fraction of sp³-hybridized carbons (Fsp3) is 0.600. The average molecular weight is 385 g/mol. The van der Waals surface area contributed by atoms with E-state index in [9.17, 15) is 4.79 Å². The Labute approximate surface area is 100 Å². The van der Waals surface area contributed by atoms with E-state index in [1.165, 1.54) is 6.54 Å². The molecule has 0 bridgehead atoms. The molecular weight excluding hydrogens is 377 g/mol. The monoisotopic (exact) mass is 385 g/mol. The molecule has 1 amide bonds. The van der Waals surface area contributed by atoms with Crippen molar-refractivity contribution < 1.29 is 58.6 Å². The summed E-state index contributed by atoms with van der Waals surface area (Å²) in [5.74, 6) is 0.0104. The van der Waals surface area contributed by atoms with Crippen LogP contribution in [-0.2, 0) is 58.6 Å². The zero-order chi connectivity index (χ0) is 5.98. The molecular formula is C5H8N2OWY-2. The van der Waals surface area contributed by atoms with Crippen LogP contribution in [0.4, 0.5) is 0 Å². The van der Waals surface area contributed by atoms with Crippen molar-refractivity contribution in [2.75, 3.05) is 20.1 Å². The van der Waals surface area contributed by atoms with E-state index in [4.69, 9.17) is 0 Å². The maximum Gasteiger partial charge on any atom is 0.0611 e. The Balaban J connectivity index is 0. The molecule has 0 N–H and O–H groups in total. The number of piperazine rings is 1. The van der Waals surface area contributed by atoms with Crippen LogP contribution in [0.3, 0.4) is 0 Å². The van der Waals surface area contributed by atoms with Crippen molar-refractivity contribution in [1.82, 2.24) is 4.90 Å².